The van der Waals surface area contributed by atoms with Crippen molar-refractivity contribution in [1.29, 1.82) is 0 Å². The topological polar surface area (TPSA) is 119 Å². The van der Waals surface area contributed by atoms with Crippen LogP contribution in [0, 0.1) is 0 Å². The maximum atomic E-state index is 13.0. The lowest BCUT2D eigenvalue weighted by atomic mass is 10.0. The summed E-state index contributed by atoms with van der Waals surface area (Å²) in [6.07, 6.45) is 4.67. The highest BCUT2D eigenvalue weighted by molar-refractivity contribution is 5.95. The number of halogens is 1. The molecule has 10 heteroatoms. The van der Waals surface area contributed by atoms with E-state index in [2.05, 4.69) is 20.8 Å². The number of piperidine rings is 1. The molecule has 27 heavy (non-hydrogen) atoms. The molecule has 1 aromatic heterocycles. The number of nitrogens with zero attached hydrogens (tertiary/aromatic N) is 5. The first-order chi connectivity index (χ1) is 12.7. The Morgan fingerprint density at radius 1 is 1.30 bits per heavy atom. The van der Waals surface area contributed by atoms with Crippen LogP contribution in [0.15, 0.2) is 30.6 Å². The van der Waals surface area contributed by atoms with Crippen LogP contribution >= 0.6 is 12.4 Å². The Morgan fingerprint density at radius 2 is 2.15 bits per heavy atom. The predicted octanol–water partition coefficient (Wildman–Crippen LogP) is 0.544. The minimum Gasteiger partial charge on any atom is -0.354 e. The van der Waals surface area contributed by atoms with Gasteiger partial charge >= 0.3 is 0 Å². The van der Waals surface area contributed by atoms with E-state index in [-0.39, 0.29) is 30.3 Å². The molecule has 0 radical (unpaired) electrons. The van der Waals surface area contributed by atoms with E-state index in [1.807, 2.05) is 17.0 Å². The maximum absolute atomic E-state index is 13.0. The number of amides is 2. The molecule has 2 heterocycles. The van der Waals surface area contributed by atoms with Crippen LogP contribution in [-0.2, 0) is 4.79 Å². The number of tetrazole rings is 1. The Balaban J connectivity index is 0.00000261. The Bertz CT molecular complexity index is 754. The maximum Gasteiger partial charge on any atom is 0.254 e. The van der Waals surface area contributed by atoms with Gasteiger partial charge in [0.15, 0.2) is 0 Å². The molecule has 2 amide bonds. The van der Waals surface area contributed by atoms with Gasteiger partial charge in [0.05, 0.1) is 5.69 Å². The zero-order valence-electron chi connectivity index (χ0n) is 15.0. The third kappa shape index (κ3) is 5.24. The predicted molar refractivity (Wildman–Crippen MR) is 102 cm³/mol. The molecule has 1 saturated heterocycles. The van der Waals surface area contributed by atoms with Crippen molar-refractivity contribution in [3.8, 4) is 5.69 Å². The molecule has 0 saturated carbocycles. The van der Waals surface area contributed by atoms with Gasteiger partial charge in [-0.15, -0.1) is 17.5 Å². The van der Waals surface area contributed by atoms with E-state index >= 15 is 0 Å². The fourth-order valence-electron chi connectivity index (χ4n) is 3.16. The fourth-order valence-corrected chi connectivity index (χ4v) is 3.16. The van der Waals surface area contributed by atoms with Gasteiger partial charge in [-0.2, -0.15) is 0 Å². The molecule has 0 spiro atoms. The Morgan fingerprint density at radius 3 is 2.89 bits per heavy atom. The second-order valence-corrected chi connectivity index (χ2v) is 6.30. The Hall–Kier alpha value is -2.52. The molecule has 1 aromatic carbocycles. The van der Waals surface area contributed by atoms with Gasteiger partial charge in [0.1, 0.15) is 6.33 Å². The Kier molecular flexibility index (Phi) is 7.68. The first-order valence-corrected chi connectivity index (χ1v) is 8.80. The van der Waals surface area contributed by atoms with Crippen molar-refractivity contribution in [2.75, 3.05) is 19.6 Å². The van der Waals surface area contributed by atoms with Crippen LogP contribution < -0.4 is 11.1 Å². The van der Waals surface area contributed by atoms with E-state index in [4.69, 9.17) is 5.73 Å². The summed E-state index contributed by atoms with van der Waals surface area (Å²) < 4.78 is 1.51. The average molecular weight is 394 g/mol. The van der Waals surface area contributed by atoms with Crippen LogP contribution in [0.2, 0.25) is 0 Å². The number of hydrogen-bond donors (Lipinski definition) is 2. The van der Waals surface area contributed by atoms with Gasteiger partial charge in [-0.1, -0.05) is 6.07 Å². The summed E-state index contributed by atoms with van der Waals surface area (Å²) >= 11 is 0. The number of likely N-dealkylation sites (tertiary alicyclic amines) is 1. The average Bonchev–Trinajstić information content (AvgIpc) is 3.21. The zero-order chi connectivity index (χ0) is 18.4. The second-order valence-electron chi connectivity index (χ2n) is 6.30. The molecule has 1 aliphatic heterocycles. The summed E-state index contributed by atoms with van der Waals surface area (Å²) in [7, 11) is 0. The van der Waals surface area contributed by atoms with Gasteiger partial charge in [0, 0.05) is 37.7 Å². The molecule has 9 nitrogen and oxygen atoms in total. The monoisotopic (exact) mass is 393 g/mol. The highest BCUT2D eigenvalue weighted by atomic mass is 35.5. The first kappa shape index (κ1) is 20.8. The van der Waals surface area contributed by atoms with Crippen molar-refractivity contribution >= 4 is 24.2 Å². The van der Waals surface area contributed by atoms with Crippen molar-refractivity contribution in [2.24, 2.45) is 5.73 Å². The van der Waals surface area contributed by atoms with E-state index in [9.17, 15) is 9.59 Å². The number of nitrogens with two attached hydrogens (primary N) is 1. The van der Waals surface area contributed by atoms with E-state index in [1.54, 1.807) is 12.1 Å². The van der Waals surface area contributed by atoms with Crippen LogP contribution in [0.1, 0.15) is 36.0 Å². The molecule has 0 bridgehead atoms. The van der Waals surface area contributed by atoms with Gasteiger partial charge in [-0.25, -0.2) is 4.68 Å². The smallest absolute Gasteiger partial charge is 0.254 e. The molecule has 1 atom stereocenters. The minimum atomic E-state index is -0.0776. The molecule has 1 fully saturated rings. The van der Waals surface area contributed by atoms with Crippen LogP contribution in [0.4, 0.5) is 0 Å². The quantitative estimate of drug-likeness (QED) is 0.739. The van der Waals surface area contributed by atoms with Gasteiger partial charge in [0.25, 0.3) is 5.91 Å². The summed E-state index contributed by atoms with van der Waals surface area (Å²) in [4.78, 5) is 26.6. The molecule has 0 aliphatic carbocycles. The van der Waals surface area contributed by atoms with Crippen molar-refractivity contribution < 1.29 is 9.59 Å². The number of hydrogen-bond acceptors (Lipinski definition) is 6. The lowest BCUT2D eigenvalue weighted by Gasteiger charge is -2.36. The molecule has 1 aliphatic rings. The number of benzene rings is 1. The molecule has 2 aromatic rings. The summed E-state index contributed by atoms with van der Waals surface area (Å²) in [5.41, 5.74) is 6.71. The first-order valence-electron chi connectivity index (χ1n) is 8.80. The number of aromatic nitrogens is 4. The standard InChI is InChI=1S/C17H23N7O2.ClH/c18-8-7-16(25)19-11-15-5-1-2-9-23(15)17(26)13-4-3-6-14(10-13)24-12-20-21-22-24;/h3-4,6,10,12,15H,1-2,5,7-9,11,18H2,(H,19,25);1H. The molecule has 3 rings (SSSR count). The number of carbonyl (C=O) groups is 2. The van der Waals surface area contributed by atoms with Crippen LogP contribution in [0.25, 0.3) is 5.69 Å². The van der Waals surface area contributed by atoms with Crippen molar-refractivity contribution in [3.05, 3.63) is 36.2 Å². The highest BCUT2D eigenvalue weighted by Gasteiger charge is 2.27. The van der Waals surface area contributed by atoms with Crippen molar-refractivity contribution in [1.82, 2.24) is 30.4 Å². The Labute approximate surface area is 163 Å². The van der Waals surface area contributed by atoms with Gasteiger partial charge in [-0.05, 0) is 47.9 Å². The van der Waals surface area contributed by atoms with Crippen LogP contribution in [0.5, 0.6) is 0 Å². The highest BCUT2D eigenvalue weighted by Crippen LogP contribution is 2.20. The van der Waals surface area contributed by atoms with Crippen molar-refractivity contribution in [2.45, 2.75) is 31.7 Å². The second kappa shape index (κ2) is 9.98. The SMILES string of the molecule is Cl.NCCC(=O)NCC1CCCCN1C(=O)c1cccc(-n2cnnn2)c1. The lowest BCUT2D eigenvalue weighted by molar-refractivity contribution is -0.121. The zero-order valence-corrected chi connectivity index (χ0v) is 15.8. The molecule has 1 unspecified atom stereocenters. The lowest BCUT2D eigenvalue weighted by Crippen LogP contribution is -2.49. The minimum absolute atomic E-state index is 0. The molecular weight excluding hydrogens is 370 g/mol. The summed E-state index contributed by atoms with van der Waals surface area (Å²) in [5.74, 6) is -0.121. The largest absolute Gasteiger partial charge is 0.354 e. The number of carbonyl (C=O) groups excluding carboxylic acids is 2. The summed E-state index contributed by atoms with van der Waals surface area (Å²) in [5, 5.41) is 14.0. The van der Waals surface area contributed by atoms with Gasteiger partial charge < -0.3 is 16.0 Å². The molecule has 3 N–H and O–H groups in total. The van der Waals surface area contributed by atoms with Crippen LogP contribution in [-0.4, -0.2) is 62.6 Å². The van der Waals surface area contributed by atoms with Gasteiger partial charge in [0.2, 0.25) is 5.91 Å². The number of nitrogens with one attached hydrogen (secondary N) is 1. The third-order valence-electron chi connectivity index (χ3n) is 4.50. The van der Waals surface area contributed by atoms with E-state index in [1.165, 1.54) is 11.0 Å². The fraction of sp³-hybridized carbons (Fsp3) is 0.471. The summed E-state index contributed by atoms with van der Waals surface area (Å²) in [6.45, 7) is 1.46. The third-order valence-corrected chi connectivity index (χ3v) is 4.50. The normalized spacial score (nSPS) is 16.5. The molecule has 146 valence electrons. The van der Waals surface area contributed by atoms with Crippen LogP contribution in [0.3, 0.4) is 0 Å². The van der Waals surface area contributed by atoms with Gasteiger partial charge in [-0.3, -0.25) is 9.59 Å². The summed E-state index contributed by atoms with van der Waals surface area (Å²) in [6, 6.07) is 7.21. The van der Waals surface area contributed by atoms with E-state index < -0.39 is 0 Å². The van der Waals surface area contributed by atoms with Crippen molar-refractivity contribution in [3.63, 3.8) is 0 Å². The molecular formula is C17H24ClN7O2. The van der Waals surface area contributed by atoms with E-state index in [0.29, 0.717) is 31.6 Å². The number of rotatable bonds is 6. The van der Waals surface area contributed by atoms with E-state index in [0.717, 1.165) is 24.9 Å².